The number of aryl methyl sites for hydroxylation is 1. The maximum atomic E-state index is 12.8. The van der Waals surface area contributed by atoms with Crippen LogP contribution in [0, 0.1) is 12.8 Å². The Morgan fingerprint density at radius 1 is 1.03 bits per heavy atom. The molecule has 0 unspecified atom stereocenters. The van der Waals surface area contributed by atoms with Crippen molar-refractivity contribution in [3.63, 3.8) is 0 Å². The van der Waals surface area contributed by atoms with Crippen LogP contribution in [0.5, 0.6) is 11.5 Å². The first-order valence-electron chi connectivity index (χ1n) is 11.8. The second kappa shape index (κ2) is 8.90. The lowest BCUT2D eigenvalue weighted by atomic mass is 9.96. The first-order chi connectivity index (χ1) is 17.1. The van der Waals surface area contributed by atoms with E-state index in [2.05, 4.69) is 39.5 Å². The third-order valence-corrected chi connectivity index (χ3v) is 6.62. The Kier molecular flexibility index (Phi) is 5.44. The van der Waals surface area contributed by atoms with Gasteiger partial charge in [-0.2, -0.15) is 4.52 Å². The first-order valence-corrected chi connectivity index (χ1v) is 11.8. The molecule has 0 aliphatic carbocycles. The molecule has 2 aliphatic heterocycles. The van der Waals surface area contributed by atoms with Gasteiger partial charge in [-0.25, -0.2) is 0 Å². The molecule has 178 valence electrons. The number of nitrogens with one attached hydrogen (secondary N) is 1. The van der Waals surface area contributed by atoms with Gasteiger partial charge >= 0.3 is 0 Å². The van der Waals surface area contributed by atoms with Gasteiger partial charge in [-0.1, -0.05) is 29.8 Å². The maximum Gasteiger partial charge on any atom is 0.231 e. The maximum absolute atomic E-state index is 12.8. The Morgan fingerprint density at radius 2 is 1.89 bits per heavy atom. The van der Waals surface area contributed by atoms with Crippen molar-refractivity contribution in [1.82, 2.24) is 25.1 Å². The Bertz CT molecular complexity index is 1390. The van der Waals surface area contributed by atoms with Crippen LogP contribution < -0.4 is 19.7 Å². The van der Waals surface area contributed by atoms with E-state index in [9.17, 15) is 4.79 Å². The molecule has 2 aromatic carbocycles. The minimum Gasteiger partial charge on any atom is -0.454 e. The van der Waals surface area contributed by atoms with E-state index >= 15 is 0 Å². The summed E-state index contributed by atoms with van der Waals surface area (Å²) in [5.74, 6) is 3.15. The van der Waals surface area contributed by atoms with Crippen LogP contribution in [0.1, 0.15) is 24.0 Å². The number of benzene rings is 2. The topological polar surface area (TPSA) is 93.9 Å². The van der Waals surface area contributed by atoms with Crippen molar-refractivity contribution in [2.45, 2.75) is 26.3 Å². The highest BCUT2D eigenvalue weighted by Crippen LogP contribution is 2.32. The Balaban J connectivity index is 1.09. The van der Waals surface area contributed by atoms with Crippen molar-refractivity contribution in [1.29, 1.82) is 0 Å². The number of hydrogen-bond donors (Lipinski definition) is 1. The van der Waals surface area contributed by atoms with Gasteiger partial charge in [0.05, 0.1) is 0 Å². The summed E-state index contributed by atoms with van der Waals surface area (Å²) in [5, 5.41) is 16.5. The summed E-state index contributed by atoms with van der Waals surface area (Å²) < 4.78 is 12.6. The number of rotatable bonds is 5. The monoisotopic (exact) mass is 470 g/mol. The van der Waals surface area contributed by atoms with Crippen molar-refractivity contribution in [2.75, 3.05) is 24.8 Å². The molecule has 0 bridgehead atoms. The first kappa shape index (κ1) is 21.4. The molecule has 0 saturated carbocycles. The molecule has 0 spiro atoms. The number of anilines is 1. The quantitative estimate of drug-likeness (QED) is 0.478. The predicted molar refractivity (Wildman–Crippen MR) is 130 cm³/mol. The highest BCUT2D eigenvalue weighted by Gasteiger charge is 2.26. The average molecular weight is 471 g/mol. The van der Waals surface area contributed by atoms with Crippen molar-refractivity contribution >= 4 is 17.4 Å². The number of hydrogen-bond acceptors (Lipinski definition) is 7. The molecule has 4 heterocycles. The van der Waals surface area contributed by atoms with Gasteiger partial charge in [0.1, 0.15) is 5.82 Å². The second-order valence-electron chi connectivity index (χ2n) is 9.02. The van der Waals surface area contributed by atoms with Crippen molar-refractivity contribution in [3.05, 3.63) is 65.7 Å². The fourth-order valence-electron chi connectivity index (χ4n) is 4.67. The highest BCUT2D eigenvalue weighted by molar-refractivity contribution is 5.79. The number of piperidine rings is 1. The minimum atomic E-state index is -0.0123. The van der Waals surface area contributed by atoms with E-state index in [1.807, 2.05) is 42.5 Å². The molecule has 2 aliphatic rings. The van der Waals surface area contributed by atoms with E-state index in [-0.39, 0.29) is 18.6 Å². The second-order valence-corrected chi connectivity index (χ2v) is 9.02. The van der Waals surface area contributed by atoms with Gasteiger partial charge in [0.15, 0.2) is 23.0 Å². The highest BCUT2D eigenvalue weighted by atomic mass is 16.7. The van der Waals surface area contributed by atoms with Gasteiger partial charge in [-0.15, -0.1) is 15.3 Å². The van der Waals surface area contributed by atoms with Crippen molar-refractivity contribution in [3.8, 4) is 22.9 Å². The zero-order valence-electron chi connectivity index (χ0n) is 19.5. The van der Waals surface area contributed by atoms with Crippen LogP contribution in [0.15, 0.2) is 54.6 Å². The molecule has 0 radical (unpaired) electrons. The third kappa shape index (κ3) is 4.25. The van der Waals surface area contributed by atoms with Crippen LogP contribution in [0.2, 0.25) is 0 Å². The van der Waals surface area contributed by atoms with Gasteiger partial charge in [-0.3, -0.25) is 4.79 Å². The molecule has 9 nitrogen and oxygen atoms in total. The summed E-state index contributed by atoms with van der Waals surface area (Å²) >= 11 is 0. The molecule has 1 fully saturated rings. The lowest BCUT2D eigenvalue weighted by Crippen LogP contribution is -2.40. The molecule has 6 rings (SSSR count). The summed E-state index contributed by atoms with van der Waals surface area (Å²) in [6.07, 6.45) is 1.55. The standard InChI is InChI=1S/C26H26N6O3/c1-17-3-2-4-20(13-17)25-29-28-23-7-8-24(30-32(23)25)31-11-9-19(10-12-31)26(33)27-15-18-5-6-21-22(14-18)35-16-34-21/h2-8,13-14,19H,9-12,15-16H2,1H3,(H,27,33). The molecule has 1 N–H and O–H groups in total. The van der Waals surface area contributed by atoms with Crippen molar-refractivity contribution < 1.29 is 14.3 Å². The zero-order valence-corrected chi connectivity index (χ0v) is 19.5. The number of nitrogens with zero attached hydrogens (tertiary/aromatic N) is 5. The van der Waals surface area contributed by atoms with Gasteiger partial charge in [0.2, 0.25) is 12.7 Å². The van der Waals surface area contributed by atoms with E-state index in [4.69, 9.17) is 14.6 Å². The lowest BCUT2D eigenvalue weighted by molar-refractivity contribution is -0.125. The molecule has 2 aromatic heterocycles. The van der Waals surface area contributed by atoms with E-state index in [1.165, 1.54) is 0 Å². The summed E-state index contributed by atoms with van der Waals surface area (Å²) in [4.78, 5) is 15.0. The van der Waals surface area contributed by atoms with Crippen LogP contribution in [0.3, 0.4) is 0 Å². The molecule has 1 saturated heterocycles. The number of aromatic nitrogens is 4. The number of carbonyl (C=O) groups excluding carboxylic acids is 1. The van der Waals surface area contributed by atoms with Gasteiger partial charge in [0.25, 0.3) is 0 Å². The third-order valence-electron chi connectivity index (χ3n) is 6.62. The van der Waals surface area contributed by atoms with Gasteiger partial charge < -0.3 is 19.7 Å². The Labute approximate surface area is 202 Å². The molecule has 1 amide bonds. The van der Waals surface area contributed by atoms with E-state index in [0.29, 0.717) is 12.2 Å². The summed E-state index contributed by atoms with van der Waals surface area (Å²) in [6.45, 7) is 4.31. The Morgan fingerprint density at radius 3 is 2.74 bits per heavy atom. The van der Waals surface area contributed by atoms with E-state index in [0.717, 1.165) is 65.8 Å². The summed E-state index contributed by atoms with van der Waals surface area (Å²) in [5.41, 5.74) is 3.85. The van der Waals surface area contributed by atoms with Gasteiger partial charge in [0, 0.05) is 31.1 Å². The number of ether oxygens (including phenoxy) is 2. The van der Waals surface area contributed by atoms with Crippen LogP contribution >= 0.6 is 0 Å². The van der Waals surface area contributed by atoms with E-state index < -0.39 is 0 Å². The normalized spacial score (nSPS) is 15.5. The number of amides is 1. The minimum absolute atomic E-state index is 0.0123. The largest absolute Gasteiger partial charge is 0.454 e. The zero-order chi connectivity index (χ0) is 23.8. The average Bonchev–Trinajstić information content (AvgIpc) is 3.53. The smallest absolute Gasteiger partial charge is 0.231 e. The molecule has 35 heavy (non-hydrogen) atoms. The fourth-order valence-corrected chi connectivity index (χ4v) is 4.67. The SMILES string of the molecule is Cc1cccc(-c2nnc3ccc(N4CCC(C(=O)NCc5ccc6c(c5)OCO6)CC4)nn23)c1. The molecule has 9 heteroatoms. The summed E-state index contributed by atoms with van der Waals surface area (Å²) in [6, 6.07) is 17.8. The molecule has 4 aromatic rings. The van der Waals surface area contributed by atoms with E-state index in [1.54, 1.807) is 4.52 Å². The predicted octanol–water partition coefficient (Wildman–Crippen LogP) is 3.36. The molecular weight excluding hydrogens is 444 g/mol. The number of fused-ring (bicyclic) bond motifs is 2. The van der Waals surface area contributed by atoms with Crippen LogP contribution in [-0.2, 0) is 11.3 Å². The van der Waals surface area contributed by atoms with Gasteiger partial charge in [-0.05, 0) is 55.7 Å². The van der Waals surface area contributed by atoms with Crippen LogP contribution in [0.4, 0.5) is 5.82 Å². The van der Waals surface area contributed by atoms with Crippen LogP contribution in [0.25, 0.3) is 17.0 Å². The molecular formula is C26H26N6O3. The summed E-state index contributed by atoms with van der Waals surface area (Å²) in [7, 11) is 0. The van der Waals surface area contributed by atoms with Crippen LogP contribution in [-0.4, -0.2) is 45.6 Å². The Hall–Kier alpha value is -4.14. The molecule has 0 atom stereocenters. The number of carbonyl (C=O) groups is 1. The fraction of sp³-hybridized carbons (Fsp3) is 0.308. The van der Waals surface area contributed by atoms with Crippen molar-refractivity contribution in [2.24, 2.45) is 5.92 Å². The lowest BCUT2D eigenvalue weighted by Gasteiger charge is -2.32.